The van der Waals surface area contributed by atoms with Gasteiger partial charge in [0.25, 0.3) is 0 Å². The lowest BCUT2D eigenvalue weighted by molar-refractivity contribution is 0.136. The minimum atomic E-state index is 0.645. The molecule has 0 bridgehead atoms. The van der Waals surface area contributed by atoms with E-state index in [2.05, 4.69) is 43.0 Å². The Kier molecular flexibility index (Phi) is 17.6. The van der Waals surface area contributed by atoms with Gasteiger partial charge in [-0.1, -0.05) is 117 Å². The molecule has 0 N–H and O–H groups in total. The Morgan fingerprint density at radius 1 is 0.448 bits per heavy atom. The number of nitrogens with zero attached hydrogens (tertiary/aromatic N) is 2. The Labute approximate surface area is 184 Å². The van der Waals surface area contributed by atoms with E-state index in [0.717, 1.165) is 0 Å². The molecule has 1 atom stereocenters. The Morgan fingerprint density at radius 2 is 0.828 bits per heavy atom. The van der Waals surface area contributed by atoms with E-state index in [1.807, 2.05) is 0 Å². The van der Waals surface area contributed by atoms with E-state index in [1.54, 1.807) is 0 Å². The van der Waals surface area contributed by atoms with Crippen LogP contribution < -0.4 is 0 Å². The lowest BCUT2D eigenvalue weighted by Crippen LogP contribution is -2.39. The summed E-state index contributed by atoms with van der Waals surface area (Å²) in [6.07, 6.45) is 32.1. The van der Waals surface area contributed by atoms with Crippen LogP contribution in [0.3, 0.4) is 0 Å². The van der Waals surface area contributed by atoms with Gasteiger partial charge in [0.2, 0.25) is 0 Å². The maximum absolute atomic E-state index is 2.66. The van der Waals surface area contributed by atoms with Crippen molar-refractivity contribution in [2.45, 2.75) is 149 Å². The van der Waals surface area contributed by atoms with Gasteiger partial charge in [-0.15, -0.1) is 0 Å². The van der Waals surface area contributed by atoms with Gasteiger partial charge in [-0.25, -0.2) is 0 Å². The fourth-order valence-electron chi connectivity index (χ4n) is 4.57. The zero-order chi connectivity index (χ0) is 21.0. The molecule has 1 heterocycles. The zero-order valence-corrected chi connectivity index (χ0v) is 20.5. The molecule has 1 rings (SSSR count). The molecule has 1 unspecified atom stereocenters. The molecule has 0 saturated carbocycles. The Balaban J connectivity index is 2.17. The van der Waals surface area contributed by atoms with Gasteiger partial charge in [-0.05, 0) is 25.7 Å². The van der Waals surface area contributed by atoms with E-state index in [1.165, 1.54) is 135 Å². The van der Waals surface area contributed by atoms with Gasteiger partial charge in [0, 0.05) is 25.5 Å². The van der Waals surface area contributed by atoms with Crippen LogP contribution in [0.15, 0.2) is 12.4 Å². The fraction of sp³-hybridized carbons (Fsp3) is 0.926. The van der Waals surface area contributed by atoms with Gasteiger partial charge < -0.3 is 9.80 Å². The maximum Gasteiger partial charge on any atom is 0.101 e. The number of rotatable bonds is 21. The highest BCUT2D eigenvalue weighted by molar-refractivity contribution is 4.96. The molecule has 1 aliphatic heterocycles. The highest BCUT2D eigenvalue weighted by Crippen LogP contribution is 2.23. The Morgan fingerprint density at radius 3 is 1.31 bits per heavy atom. The summed E-state index contributed by atoms with van der Waals surface area (Å²) in [5, 5.41) is 0. The van der Waals surface area contributed by atoms with Crippen molar-refractivity contribution >= 4 is 0 Å². The third kappa shape index (κ3) is 13.3. The molecule has 0 fully saturated rings. The number of unbranched alkanes of at least 4 members (excludes halogenated alkanes) is 15. The third-order valence-corrected chi connectivity index (χ3v) is 6.57. The van der Waals surface area contributed by atoms with Crippen LogP contribution >= 0.6 is 0 Å². The molecular weight excluding hydrogens is 352 g/mol. The Bertz CT molecular complexity index is 366. The first kappa shape index (κ1) is 26.4. The predicted molar refractivity (Wildman–Crippen MR) is 131 cm³/mol. The topological polar surface area (TPSA) is 6.48 Å². The summed E-state index contributed by atoms with van der Waals surface area (Å²) in [5.41, 5.74) is 0. The number of hydrogen-bond acceptors (Lipinski definition) is 2. The van der Waals surface area contributed by atoms with Crippen LogP contribution in [0, 0.1) is 0 Å². The highest BCUT2D eigenvalue weighted by Gasteiger charge is 2.24. The van der Waals surface area contributed by atoms with Gasteiger partial charge in [0.05, 0.1) is 0 Å². The van der Waals surface area contributed by atoms with Gasteiger partial charge in [0.15, 0.2) is 0 Å². The molecule has 0 radical (unpaired) electrons. The molecule has 0 spiro atoms. The van der Waals surface area contributed by atoms with Crippen molar-refractivity contribution in [3.8, 4) is 0 Å². The molecule has 2 heteroatoms. The molecule has 0 aromatic rings. The van der Waals surface area contributed by atoms with Crippen LogP contribution in [0.4, 0.5) is 0 Å². The van der Waals surface area contributed by atoms with Crippen molar-refractivity contribution in [2.24, 2.45) is 0 Å². The number of hydrogen-bond donors (Lipinski definition) is 0. The van der Waals surface area contributed by atoms with Crippen molar-refractivity contribution in [3.05, 3.63) is 12.4 Å². The summed E-state index contributed by atoms with van der Waals surface area (Å²) in [5.74, 6) is 0. The highest BCUT2D eigenvalue weighted by atomic mass is 15.4. The van der Waals surface area contributed by atoms with Gasteiger partial charge in [0.1, 0.15) is 6.17 Å². The summed E-state index contributed by atoms with van der Waals surface area (Å²) >= 11 is 0. The van der Waals surface area contributed by atoms with E-state index in [9.17, 15) is 0 Å². The van der Waals surface area contributed by atoms with E-state index in [0.29, 0.717) is 6.17 Å². The first-order valence-corrected chi connectivity index (χ1v) is 13.5. The molecule has 0 aliphatic carbocycles. The second-order valence-electron chi connectivity index (χ2n) is 9.35. The average molecular weight is 407 g/mol. The van der Waals surface area contributed by atoms with Gasteiger partial charge in [-0.3, -0.25) is 0 Å². The summed E-state index contributed by atoms with van der Waals surface area (Å²) in [4.78, 5) is 5.29. The lowest BCUT2D eigenvalue weighted by atomic mass is 10.1. The molecule has 0 aromatic heterocycles. The maximum atomic E-state index is 2.66. The minimum absolute atomic E-state index is 0.645. The molecule has 1 aliphatic rings. The van der Waals surface area contributed by atoms with E-state index in [-0.39, 0.29) is 0 Å². The molecule has 172 valence electrons. The molecule has 2 nitrogen and oxygen atoms in total. The van der Waals surface area contributed by atoms with Crippen LogP contribution in [0.1, 0.15) is 143 Å². The molecule has 0 saturated heterocycles. The summed E-state index contributed by atoms with van der Waals surface area (Å²) in [6.45, 7) is 9.42. The minimum Gasteiger partial charge on any atom is -0.356 e. The van der Waals surface area contributed by atoms with E-state index in [4.69, 9.17) is 0 Å². The average Bonchev–Trinajstić information content (AvgIpc) is 3.12. The SMILES string of the molecule is CCCCCCCCCCCCN1C=CN(CCCC)C1CCCCCCCC. The largest absolute Gasteiger partial charge is 0.356 e. The standard InChI is InChI=1S/C27H54N2/c1-4-7-10-12-14-15-16-17-19-21-24-29-26-25-28(23-9-6-3)27(29)22-20-18-13-11-8-5-2/h25-27H,4-24H2,1-3H3. The Hall–Kier alpha value is -0.660. The van der Waals surface area contributed by atoms with Crippen LogP contribution in [0.5, 0.6) is 0 Å². The first-order chi connectivity index (χ1) is 14.3. The predicted octanol–water partition coefficient (Wildman–Crippen LogP) is 8.87. The molecule has 0 aromatic carbocycles. The summed E-state index contributed by atoms with van der Waals surface area (Å²) in [6, 6.07) is 0. The summed E-state index contributed by atoms with van der Waals surface area (Å²) in [7, 11) is 0. The fourth-order valence-corrected chi connectivity index (χ4v) is 4.57. The van der Waals surface area contributed by atoms with Crippen molar-refractivity contribution < 1.29 is 0 Å². The normalized spacial score (nSPS) is 16.3. The van der Waals surface area contributed by atoms with Crippen molar-refractivity contribution in [2.75, 3.05) is 13.1 Å². The van der Waals surface area contributed by atoms with E-state index < -0.39 is 0 Å². The third-order valence-electron chi connectivity index (χ3n) is 6.57. The van der Waals surface area contributed by atoms with Crippen LogP contribution in [-0.2, 0) is 0 Å². The van der Waals surface area contributed by atoms with Crippen molar-refractivity contribution in [3.63, 3.8) is 0 Å². The zero-order valence-electron chi connectivity index (χ0n) is 20.5. The monoisotopic (exact) mass is 406 g/mol. The molecule has 29 heavy (non-hydrogen) atoms. The smallest absolute Gasteiger partial charge is 0.101 e. The van der Waals surface area contributed by atoms with E-state index >= 15 is 0 Å². The van der Waals surface area contributed by atoms with Crippen LogP contribution in [0.2, 0.25) is 0 Å². The second-order valence-corrected chi connectivity index (χ2v) is 9.35. The van der Waals surface area contributed by atoms with Crippen molar-refractivity contribution in [1.29, 1.82) is 0 Å². The quantitative estimate of drug-likeness (QED) is 0.176. The van der Waals surface area contributed by atoms with Crippen LogP contribution in [0.25, 0.3) is 0 Å². The van der Waals surface area contributed by atoms with Gasteiger partial charge >= 0.3 is 0 Å². The van der Waals surface area contributed by atoms with Crippen molar-refractivity contribution in [1.82, 2.24) is 9.80 Å². The molecular formula is C27H54N2. The lowest BCUT2D eigenvalue weighted by Gasteiger charge is -2.33. The first-order valence-electron chi connectivity index (χ1n) is 13.5. The summed E-state index contributed by atoms with van der Waals surface area (Å²) < 4.78 is 0. The van der Waals surface area contributed by atoms with Gasteiger partial charge in [-0.2, -0.15) is 0 Å². The molecule has 0 amide bonds. The second kappa shape index (κ2) is 19.3. The van der Waals surface area contributed by atoms with Crippen LogP contribution in [-0.4, -0.2) is 29.1 Å².